The number of benzene rings is 6. The van der Waals surface area contributed by atoms with E-state index >= 15 is 38.4 Å². The number of para-hydroxylation sites is 1. The van der Waals surface area contributed by atoms with E-state index in [-0.39, 0.29) is 93.9 Å². The summed E-state index contributed by atoms with van der Waals surface area (Å²) in [4.78, 5) is 232. The summed E-state index contributed by atoms with van der Waals surface area (Å²) in [5.74, 6) is -16.0. The molecule has 12 atom stereocenters. The van der Waals surface area contributed by atoms with Gasteiger partial charge in [-0.2, -0.15) is 0 Å². The van der Waals surface area contributed by atoms with E-state index in [1.54, 1.807) is 143 Å². The van der Waals surface area contributed by atoms with Gasteiger partial charge in [0.2, 0.25) is 82.7 Å². The Morgan fingerprint density at radius 1 is 0.500 bits per heavy atom. The first kappa shape index (κ1) is 98.9. The first-order chi connectivity index (χ1) is 61.0. The molecule has 2 saturated heterocycles. The van der Waals surface area contributed by atoms with Gasteiger partial charge in [-0.25, -0.2) is 0 Å². The van der Waals surface area contributed by atoms with Gasteiger partial charge in [-0.15, -0.1) is 11.8 Å². The summed E-state index contributed by atoms with van der Waals surface area (Å²) in [6, 6.07) is 24.4. The molecule has 7 aromatic rings. The molecule has 684 valence electrons. The summed E-state index contributed by atoms with van der Waals surface area (Å²) in [5.41, 5.74) is 9.62. The van der Waals surface area contributed by atoms with Crippen LogP contribution in [0.4, 0.5) is 0 Å². The minimum atomic E-state index is -1.89. The number of carbonyl (C=O) groups is 15. The van der Waals surface area contributed by atoms with Crippen LogP contribution in [0.3, 0.4) is 0 Å². The lowest BCUT2D eigenvalue weighted by molar-refractivity contribution is -0.152. The molecule has 2 fully saturated rings. The molecule has 0 aliphatic carbocycles. The smallest absolute Gasteiger partial charge is 0.305 e. The van der Waals surface area contributed by atoms with E-state index in [1.165, 1.54) is 91.4 Å². The van der Waals surface area contributed by atoms with E-state index in [2.05, 4.69) is 47.5 Å². The fourth-order valence-corrected chi connectivity index (χ4v) is 16.8. The van der Waals surface area contributed by atoms with Gasteiger partial charge in [-0.05, 0) is 113 Å². The second-order valence-corrected chi connectivity index (χ2v) is 34.8. The second-order valence-electron chi connectivity index (χ2n) is 33.4. The largest absolute Gasteiger partial charge is 0.508 e. The molecule has 1 aromatic heterocycles. The highest BCUT2D eigenvalue weighted by Gasteiger charge is 2.45. The molecule has 2 aliphatic rings. The van der Waals surface area contributed by atoms with Gasteiger partial charge in [-0.1, -0.05) is 174 Å². The fourth-order valence-electron chi connectivity index (χ4n) is 15.7. The minimum absolute atomic E-state index is 0.0175. The number of carboxylic acid groups (broad SMARTS) is 1. The van der Waals surface area contributed by atoms with Gasteiger partial charge in [-0.3, -0.25) is 71.9 Å². The summed E-state index contributed by atoms with van der Waals surface area (Å²) < 4.78 is 0. The van der Waals surface area contributed by atoms with Crippen molar-refractivity contribution in [1.29, 1.82) is 0 Å². The third-order valence-corrected chi connectivity index (χ3v) is 24.0. The number of aromatic nitrogens is 1. The Labute approximate surface area is 752 Å². The Hall–Kier alpha value is -12.9. The van der Waals surface area contributed by atoms with Gasteiger partial charge in [0.15, 0.2) is 0 Å². The molecule has 9 rings (SSSR count). The molecular formula is C93H116ClN15O18S. The molecule has 35 heteroatoms. The number of primary amides is 1. The van der Waals surface area contributed by atoms with E-state index < -0.39 is 186 Å². The number of nitrogens with two attached hydrogens (primary N) is 1. The lowest BCUT2D eigenvalue weighted by atomic mass is 9.98. The van der Waals surface area contributed by atoms with Crippen LogP contribution >= 0.6 is 23.4 Å². The van der Waals surface area contributed by atoms with Crippen molar-refractivity contribution in [2.75, 3.05) is 52.8 Å². The van der Waals surface area contributed by atoms with Gasteiger partial charge in [0.1, 0.15) is 84.0 Å². The van der Waals surface area contributed by atoms with Crippen LogP contribution in [0, 0.1) is 11.8 Å². The number of H-pyrrole nitrogens is 1. The number of carbonyl (C=O) groups excluding carboxylic acids is 14. The fraction of sp³-hybridized carbons (Fsp3) is 0.430. The van der Waals surface area contributed by atoms with Crippen molar-refractivity contribution < 1.29 is 87.2 Å². The van der Waals surface area contributed by atoms with Crippen LogP contribution in [0.2, 0.25) is 5.02 Å². The Morgan fingerprint density at radius 3 is 1.60 bits per heavy atom. The zero-order valence-electron chi connectivity index (χ0n) is 73.3. The molecule has 14 amide bonds. The lowest BCUT2D eigenvalue weighted by Crippen LogP contribution is -2.61. The number of carboxylic acids is 1. The molecule has 128 heavy (non-hydrogen) atoms. The number of aromatic hydroxyl groups is 2. The van der Waals surface area contributed by atoms with E-state index in [0.29, 0.717) is 62.1 Å². The molecule has 2 aliphatic heterocycles. The van der Waals surface area contributed by atoms with Crippen molar-refractivity contribution in [3.05, 3.63) is 202 Å². The Balaban J connectivity index is 1.11. The van der Waals surface area contributed by atoms with Crippen molar-refractivity contribution >= 4 is 123 Å². The minimum Gasteiger partial charge on any atom is -0.508 e. The third kappa shape index (κ3) is 28.1. The zero-order chi connectivity index (χ0) is 93.2. The number of halogens is 1. The number of aliphatic carboxylic acids is 1. The first-order valence-corrected chi connectivity index (χ1v) is 44.3. The molecule has 14 N–H and O–H groups in total. The summed E-state index contributed by atoms with van der Waals surface area (Å²) in [6.07, 6.45) is 0.557. The predicted octanol–water partition coefficient (Wildman–Crippen LogP) is 4.40. The summed E-state index contributed by atoms with van der Waals surface area (Å²) in [6.45, 7) is 7.77. The quantitative estimate of drug-likeness (QED) is 0.0474. The number of hydrogen-bond acceptors (Lipinski definition) is 18. The van der Waals surface area contributed by atoms with Gasteiger partial charge >= 0.3 is 5.97 Å². The number of rotatable bonds is 21. The molecule has 6 aromatic carbocycles. The van der Waals surface area contributed by atoms with Gasteiger partial charge in [0.05, 0.1) is 18.7 Å². The normalized spacial score (nSPS) is 23.1. The highest BCUT2D eigenvalue weighted by Crippen LogP contribution is 2.28. The zero-order valence-corrected chi connectivity index (χ0v) is 74.8. The number of thioether (sulfide) groups is 1. The Bertz CT molecular complexity index is 5080. The van der Waals surface area contributed by atoms with Gasteiger partial charge in [0.25, 0.3) is 0 Å². The van der Waals surface area contributed by atoms with Crippen LogP contribution in [0.1, 0.15) is 113 Å². The Kier molecular flexibility index (Phi) is 36.4. The first-order valence-electron chi connectivity index (χ1n) is 42.8. The van der Waals surface area contributed by atoms with Crippen LogP contribution in [-0.2, 0) is 110 Å². The maximum Gasteiger partial charge on any atom is 0.305 e. The Morgan fingerprint density at radius 2 is 1.01 bits per heavy atom. The van der Waals surface area contributed by atoms with Crippen LogP contribution in [-0.4, -0.2) is 259 Å². The van der Waals surface area contributed by atoms with Crippen molar-refractivity contribution in [3.63, 3.8) is 0 Å². The number of nitrogens with zero attached hydrogens (tertiary/aromatic N) is 5. The highest BCUT2D eigenvalue weighted by atomic mass is 35.5. The lowest BCUT2D eigenvalue weighted by Gasteiger charge is -2.38. The number of phenolic OH excluding ortho intramolecular Hbond substituents is 2. The molecule has 0 bridgehead atoms. The molecule has 0 spiro atoms. The van der Waals surface area contributed by atoms with E-state index in [0.717, 1.165) is 21.6 Å². The SMILES string of the molecule is CCCC[C@H]1C(=O)N2CCCC2C(=O)N[C@@H](CC(=O)O)C(=O)N[C@@H](C(C)C)C(=O)N(C)[C@@H](Cc2ccccc2)C(=O)N[C@@H](Cc2ccc(O)cc2)C(=O)N(C)CC(=O)N[C@@H](Cc2c[nH]c3ccccc23)C(=O)N[C@@H](Cc2ccc(O)cc2)C(=O)N[C@@H](CC(C)C)C(=O)N[C@H](C(N)=O)CSCC(=O)N[C@@H](Cc2cccc(Cl)c2)C(=O)N(C)[C@@H](Cc2ccccc2)C(=O)N1C. The number of hydrogen-bond donors (Lipinski definition) is 13. The van der Waals surface area contributed by atoms with Gasteiger partial charge in [0, 0.05) is 101 Å². The number of nitrogens with one attached hydrogen (secondary N) is 9. The number of likely N-dealkylation sites (N-methyl/N-ethyl adjacent to an activating group) is 4. The number of amides is 14. The monoisotopic (exact) mass is 1800 g/mol. The van der Waals surface area contributed by atoms with Crippen molar-refractivity contribution in [2.24, 2.45) is 17.6 Å². The molecule has 0 radical (unpaired) electrons. The van der Waals surface area contributed by atoms with Gasteiger partial charge < -0.3 is 93.1 Å². The standard InChI is InChI=1S/C93H116ClN15O18S/c1-10-11-30-75-92(126)109-40-21-31-74(109)87(121)101-70(49-80(114)115)86(120)104-81(55(4)5)93(127)107(8)76(46-56-22-14-12-15-23-56)88(122)102-71(44-59-34-38-64(111)39-35-59)89(123)105(6)51-78(112)97-69(48-61-50-96-66-29-19-18-28-65(61)66)85(119)100-68(43-58-32-36-63(110)37-33-58)84(118)99-67(41-54(2)3)83(117)103-73(82(95)116)52-128-53-79(113)98-72(45-60-26-20-27-62(94)42-60)90(124)108(9)77(91(125)106(75)7)47-57-24-16-13-17-25-57/h12-20,22-29,32-39,42,50,54-55,67-77,81,96,110-111H,10-11,21,30-31,40-41,43-49,51-53H2,1-9H3,(H2,95,116)(H,97,112)(H,98,113)(H,99,118)(H,100,119)(H,101,121)(H,102,122)(H,103,117)(H,104,120)(H,114,115)/t67-,68-,69-,70-,71-,72-,73-,74?,75-,76-,77-,81-/m0/s1. The van der Waals surface area contributed by atoms with E-state index in [9.17, 15) is 48.9 Å². The molecule has 0 saturated carbocycles. The molecular weight excluding hydrogens is 1680 g/mol. The van der Waals surface area contributed by atoms with E-state index in [1.807, 2.05) is 6.92 Å². The third-order valence-electron chi connectivity index (χ3n) is 22.8. The summed E-state index contributed by atoms with van der Waals surface area (Å²) in [7, 11) is 5.36. The number of fused-ring (bicyclic) bond motifs is 2. The van der Waals surface area contributed by atoms with Crippen LogP contribution in [0.15, 0.2) is 164 Å². The van der Waals surface area contributed by atoms with Crippen molar-refractivity contribution in [2.45, 2.75) is 191 Å². The van der Waals surface area contributed by atoms with Crippen LogP contribution in [0.25, 0.3) is 10.9 Å². The average Bonchev–Trinajstić information content (AvgIpc) is 1.41. The van der Waals surface area contributed by atoms with Crippen molar-refractivity contribution in [1.82, 2.24) is 72.0 Å². The second kappa shape index (κ2) is 47.1. The maximum absolute atomic E-state index is 15.7. The predicted molar refractivity (Wildman–Crippen MR) is 481 cm³/mol. The van der Waals surface area contributed by atoms with Crippen LogP contribution in [0.5, 0.6) is 11.5 Å². The molecule has 33 nitrogen and oxygen atoms in total. The number of unbranched alkanes of at least 4 members (excludes halogenated alkanes) is 1. The van der Waals surface area contributed by atoms with Crippen molar-refractivity contribution in [3.8, 4) is 11.5 Å². The highest BCUT2D eigenvalue weighted by molar-refractivity contribution is 8.00. The maximum atomic E-state index is 15.7. The summed E-state index contributed by atoms with van der Waals surface area (Å²) >= 11 is 7.36. The van der Waals surface area contributed by atoms with E-state index in [4.69, 9.17) is 17.3 Å². The summed E-state index contributed by atoms with van der Waals surface area (Å²) in [5, 5.41) is 53.8. The average molecular weight is 1800 g/mol. The van der Waals surface area contributed by atoms with Crippen LogP contribution < -0.4 is 48.3 Å². The molecule has 3 heterocycles. The molecule has 1 unspecified atom stereocenters. The number of aromatic amines is 1. The number of phenols is 2. The topological polar surface area (TPSA) is 471 Å².